The third-order valence-electron chi connectivity index (χ3n) is 3.12. The van der Waals surface area contributed by atoms with E-state index in [4.69, 9.17) is 4.74 Å². The van der Waals surface area contributed by atoms with Crippen molar-refractivity contribution in [3.05, 3.63) is 12.2 Å². The molecule has 0 aromatic carbocycles. The zero-order valence-corrected chi connectivity index (χ0v) is 9.58. The Morgan fingerprint density at radius 2 is 2.27 bits per heavy atom. The molecule has 1 aliphatic rings. The van der Waals surface area contributed by atoms with Gasteiger partial charge >= 0.3 is 5.97 Å². The second kappa shape index (κ2) is 4.60. The molecule has 0 aliphatic heterocycles. The maximum Gasteiger partial charge on any atom is 0.302 e. The smallest absolute Gasteiger partial charge is 0.302 e. The van der Waals surface area contributed by atoms with Crippen LogP contribution in [0.15, 0.2) is 12.2 Å². The molecule has 3 heteroatoms. The fourth-order valence-corrected chi connectivity index (χ4v) is 1.87. The number of hydrogen-bond donors (Lipinski definition) is 0. The molecule has 0 saturated carbocycles. The molecular weight excluding hydrogens is 192 g/mol. The fraction of sp³-hybridized carbons (Fsp3) is 0.667. The molecule has 0 amide bonds. The highest BCUT2D eigenvalue weighted by molar-refractivity contribution is 5.95. The lowest BCUT2D eigenvalue weighted by molar-refractivity contribution is -0.141. The van der Waals surface area contributed by atoms with E-state index in [9.17, 15) is 9.59 Å². The lowest BCUT2D eigenvalue weighted by Crippen LogP contribution is -2.35. The Labute approximate surface area is 90.5 Å². The molecule has 0 N–H and O–H groups in total. The summed E-state index contributed by atoms with van der Waals surface area (Å²) in [6.45, 7) is 5.72. The topological polar surface area (TPSA) is 43.4 Å². The highest BCUT2D eigenvalue weighted by Crippen LogP contribution is 2.36. The highest BCUT2D eigenvalue weighted by Gasteiger charge is 2.36. The van der Waals surface area contributed by atoms with Gasteiger partial charge in [0.05, 0.1) is 6.61 Å². The fourth-order valence-electron chi connectivity index (χ4n) is 1.87. The van der Waals surface area contributed by atoms with Crippen molar-refractivity contribution in [2.45, 2.75) is 33.6 Å². The minimum atomic E-state index is -0.325. The molecule has 0 saturated heterocycles. The van der Waals surface area contributed by atoms with E-state index in [0.29, 0.717) is 6.61 Å². The molecule has 0 spiro atoms. The van der Waals surface area contributed by atoms with Crippen LogP contribution in [0.5, 0.6) is 0 Å². The van der Waals surface area contributed by atoms with Crippen LogP contribution < -0.4 is 0 Å². The lowest BCUT2D eigenvalue weighted by Gasteiger charge is -2.34. The monoisotopic (exact) mass is 210 g/mol. The maximum atomic E-state index is 11.6. The van der Waals surface area contributed by atoms with E-state index in [-0.39, 0.29) is 23.1 Å². The van der Waals surface area contributed by atoms with Crippen molar-refractivity contribution in [2.75, 3.05) is 6.61 Å². The van der Waals surface area contributed by atoms with Gasteiger partial charge < -0.3 is 4.74 Å². The van der Waals surface area contributed by atoms with E-state index < -0.39 is 0 Å². The molecule has 1 atom stereocenters. The van der Waals surface area contributed by atoms with Crippen LogP contribution in [0.3, 0.4) is 0 Å². The predicted octanol–water partition coefficient (Wildman–Crippen LogP) is 2.11. The van der Waals surface area contributed by atoms with E-state index >= 15 is 0 Å². The van der Waals surface area contributed by atoms with E-state index in [1.165, 1.54) is 6.92 Å². The first kappa shape index (κ1) is 12.0. The summed E-state index contributed by atoms with van der Waals surface area (Å²) < 4.78 is 4.90. The molecule has 15 heavy (non-hydrogen) atoms. The standard InChI is InChI=1S/C12H18O3/c1-9(13)15-8-7-10-5-4-6-11(14)12(10,2)3/h4,6,10H,5,7-8H2,1-3H3. The van der Waals surface area contributed by atoms with E-state index in [1.54, 1.807) is 6.08 Å². The highest BCUT2D eigenvalue weighted by atomic mass is 16.5. The number of carbonyl (C=O) groups is 2. The molecule has 0 radical (unpaired) electrons. The summed E-state index contributed by atoms with van der Waals surface area (Å²) in [4.78, 5) is 22.2. The van der Waals surface area contributed by atoms with Gasteiger partial charge in [-0.25, -0.2) is 0 Å². The molecule has 84 valence electrons. The number of carbonyl (C=O) groups excluding carboxylic acids is 2. The van der Waals surface area contributed by atoms with Crippen LogP contribution >= 0.6 is 0 Å². The van der Waals surface area contributed by atoms with Gasteiger partial charge in [-0.05, 0) is 24.8 Å². The van der Waals surface area contributed by atoms with Crippen LogP contribution in [0.1, 0.15) is 33.6 Å². The van der Waals surface area contributed by atoms with Gasteiger partial charge in [-0.3, -0.25) is 9.59 Å². The predicted molar refractivity (Wildman–Crippen MR) is 57.3 cm³/mol. The summed E-state index contributed by atoms with van der Waals surface area (Å²) in [5.74, 6) is 0.182. The molecule has 0 bridgehead atoms. The van der Waals surface area contributed by atoms with Crippen LogP contribution in [0, 0.1) is 11.3 Å². The summed E-state index contributed by atoms with van der Waals surface area (Å²) in [5.41, 5.74) is -0.325. The Bertz CT molecular complexity index is 289. The van der Waals surface area contributed by atoms with Crippen LogP contribution in [-0.4, -0.2) is 18.4 Å². The van der Waals surface area contributed by atoms with Crippen molar-refractivity contribution in [3.8, 4) is 0 Å². The zero-order valence-electron chi connectivity index (χ0n) is 9.58. The number of allylic oxidation sites excluding steroid dienone is 2. The van der Waals surface area contributed by atoms with Crippen molar-refractivity contribution in [3.63, 3.8) is 0 Å². The summed E-state index contributed by atoms with van der Waals surface area (Å²) in [5, 5.41) is 0. The molecule has 1 unspecified atom stereocenters. The molecule has 3 nitrogen and oxygen atoms in total. The first-order valence-corrected chi connectivity index (χ1v) is 5.29. The average molecular weight is 210 g/mol. The number of hydrogen-bond acceptors (Lipinski definition) is 3. The first-order chi connectivity index (χ1) is 6.94. The summed E-state index contributed by atoms with van der Waals surface area (Å²) in [6.07, 6.45) is 5.21. The molecule has 1 aliphatic carbocycles. The number of rotatable bonds is 3. The second-order valence-corrected chi connectivity index (χ2v) is 4.55. The van der Waals surface area contributed by atoms with Crippen molar-refractivity contribution in [2.24, 2.45) is 11.3 Å². The normalized spacial score (nSPS) is 23.9. The summed E-state index contributed by atoms with van der Waals surface area (Å²) in [6, 6.07) is 0. The van der Waals surface area contributed by atoms with Crippen LogP contribution in [-0.2, 0) is 14.3 Å². The Morgan fingerprint density at radius 3 is 2.87 bits per heavy atom. The molecule has 0 aromatic rings. The molecule has 0 aromatic heterocycles. The Balaban J connectivity index is 2.51. The Kier molecular flexibility index (Phi) is 3.66. The third-order valence-corrected chi connectivity index (χ3v) is 3.12. The Hall–Kier alpha value is -1.12. The molecular formula is C12H18O3. The average Bonchev–Trinajstić information content (AvgIpc) is 2.12. The summed E-state index contributed by atoms with van der Waals surface area (Å²) >= 11 is 0. The molecule has 0 fully saturated rings. The van der Waals surface area contributed by atoms with Gasteiger partial charge in [0.1, 0.15) is 0 Å². The van der Waals surface area contributed by atoms with Crippen molar-refractivity contribution >= 4 is 11.8 Å². The third kappa shape index (κ3) is 2.91. The number of ether oxygens (including phenoxy) is 1. The van der Waals surface area contributed by atoms with Crippen molar-refractivity contribution < 1.29 is 14.3 Å². The minimum Gasteiger partial charge on any atom is -0.466 e. The van der Waals surface area contributed by atoms with Gasteiger partial charge in [-0.2, -0.15) is 0 Å². The van der Waals surface area contributed by atoms with Crippen LogP contribution in [0.2, 0.25) is 0 Å². The van der Waals surface area contributed by atoms with Gasteiger partial charge in [-0.1, -0.05) is 19.9 Å². The molecule has 1 rings (SSSR count). The van der Waals surface area contributed by atoms with Crippen molar-refractivity contribution in [1.82, 2.24) is 0 Å². The zero-order chi connectivity index (χ0) is 11.5. The van der Waals surface area contributed by atoms with Gasteiger partial charge in [0.25, 0.3) is 0 Å². The van der Waals surface area contributed by atoms with Gasteiger partial charge in [0.15, 0.2) is 5.78 Å². The van der Waals surface area contributed by atoms with Gasteiger partial charge in [0.2, 0.25) is 0 Å². The van der Waals surface area contributed by atoms with Crippen LogP contribution in [0.4, 0.5) is 0 Å². The number of ketones is 1. The Morgan fingerprint density at radius 1 is 1.60 bits per heavy atom. The van der Waals surface area contributed by atoms with Crippen LogP contribution in [0.25, 0.3) is 0 Å². The van der Waals surface area contributed by atoms with E-state index in [2.05, 4.69) is 0 Å². The summed E-state index contributed by atoms with van der Waals surface area (Å²) in [7, 11) is 0. The van der Waals surface area contributed by atoms with E-state index in [0.717, 1.165) is 12.8 Å². The maximum absolute atomic E-state index is 11.6. The number of esters is 1. The van der Waals surface area contributed by atoms with E-state index in [1.807, 2.05) is 19.9 Å². The SMILES string of the molecule is CC(=O)OCCC1CC=CC(=O)C1(C)C. The second-order valence-electron chi connectivity index (χ2n) is 4.55. The quantitative estimate of drug-likeness (QED) is 0.670. The molecule has 0 heterocycles. The first-order valence-electron chi connectivity index (χ1n) is 5.29. The van der Waals surface area contributed by atoms with Crippen molar-refractivity contribution in [1.29, 1.82) is 0 Å². The lowest BCUT2D eigenvalue weighted by atomic mass is 9.69. The van der Waals surface area contributed by atoms with Gasteiger partial charge in [-0.15, -0.1) is 0 Å². The van der Waals surface area contributed by atoms with Gasteiger partial charge in [0, 0.05) is 12.3 Å². The largest absolute Gasteiger partial charge is 0.466 e. The minimum absolute atomic E-state index is 0.168.